The number of carbonyl (C=O) groups excluding carboxylic acids is 2. The Hall–Kier alpha value is -2.88. The summed E-state index contributed by atoms with van der Waals surface area (Å²) < 4.78 is 4.42. The maximum Gasteiger partial charge on any atom is 0.378 e. The molecule has 0 fully saturated rings. The van der Waals surface area contributed by atoms with Gasteiger partial charge in [0.15, 0.2) is 0 Å². The van der Waals surface area contributed by atoms with Gasteiger partial charge in [0, 0.05) is 25.4 Å². The van der Waals surface area contributed by atoms with Gasteiger partial charge in [-0.1, -0.05) is 60.7 Å². The van der Waals surface area contributed by atoms with Crippen LogP contribution in [-0.2, 0) is 27.4 Å². The molecule has 0 saturated heterocycles. The van der Waals surface area contributed by atoms with Gasteiger partial charge >= 0.3 is 5.97 Å². The molecule has 0 heterocycles. The van der Waals surface area contributed by atoms with Gasteiger partial charge in [-0.25, -0.2) is 4.79 Å². The first kappa shape index (κ1) is 16.5. The van der Waals surface area contributed by atoms with Crippen molar-refractivity contribution >= 4 is 11.8 Å². The summed E-state index contributed by atoms with van der Waals surface area (Å²) in [5.41, 5.74) is 2.25. The number of esters is 1. The number of ether oxygens (including phenoxy) is 1. The monoisotopic (exact) mass is 309 g/mol. The molecule has 0 unspecified atom stereocenters. The van der Waals surface area contributed by atoms with Gasteiger partial charge in [0.05, 0.1) is 7.11 Å². The number of benzene rings is 2. The van der Waals surface area contributed by atoms with E-state index in [1.54, 1.807) is 6.20 Å². The molecule has 0 aliphatic carbocycles. The summed E-state index contributed by atoms with van der Waals surface area (Å²) in [5, 5.41) is 0. The van der Waals surface area contributed by atoms with E-state index < -0.39 is 11.8 Å². The Labute approximate surface area is 136 Å². The van der Waals surface area contributed by atoms with Crippen LogP contribution in [0.2, 0.25) is 0 Å². The number of nitrogens with zero attached hydrogens (tertiary/aromatic N) is 1. The molecule has 4 nitrogen and oxygen atoms in total. The fourth-order valence-electron chi connectivity index (χ4n) is 2.14. The van der Waals surface area contributed by atoms with Crippen molar-refractivity contribution in [2.24, 2.45) is 0 Å². The minimum atomic E-state index is -0.861. The lowest BCUT2D eigenvalue weighted by Gasteiger charge is -2.20. The average molecular weight is 309 g/mol. The Bertz CT molecular complexity index is 624. The van der Waals surface area contributed by atoms with Gasteiger partial charge < -0.3 is 9.64 Å². The van der Waals surface area contributed by atoms with Crippen molar-refractivity contribution in [2.45, 2.75) is 13.1 Å². The van der Waals surface area contributed by atoms with E-state index in [1.807, 2.05) is 65.6 Å². The molecule has 2 aromatic carbocycles. The van der Waals surface area contributed by atoms with Crippen LogP contribution in [0, 0.1) is 0 Å². The summed E-state index contributed by atoms with van der Waals surface area (Å²) in [6.07, 6.45) is 2.89. The third kappa shape index (κ3) is 5.43. The normalized spacial score (nSPS) is 10.5. The van der Waals surface area contributed by atoms with E-state index in [4.69, 9.17) is 0 Å². The Balaban J connectivity index is 2.12. The molecule has 0 aliphatic heterocycles. The van der Waals surface area contributed by atoms with E-state index in [9.17, 15) is 9.59 Å². The molecular formula is C19H19NO3. The molecular weight excluding hydrogens is 290 g/mol. The van der Waals surface area contributed by atoms with Crippen molar-refractivity contribution in [3.63, 3.8) is 0 Å². The predicted molar refractivity (Wildman–Crippen MR) is 88.3 cm³/mol. The lowest BCUT2D eigenvalue weighted by atomic mass is 10.2. The second-order valence-corrected chi connectivity index (χ2v) is 5.05. The minimum absolute atomic E-state index is 0.640. The quantitative estimate of drug-likeness (QED) is 0.448. The van der Waals surface area contributed by atoms with Crippen LogP contribution in [0.3, 0.4) is 0 Å². The van der Waals surface area contributed by atoms with E-state index in [2.05, 4.69) is 4.74 Å². The number of ketones is 1. The zero-order valence-electron chi connectivity index (χ0n) is 13.0. The predicted octanol–water partition coefficient (Wildman–Crippen LogP) is 2.94. The first-order valence-corrected chi connectivity index (χ1v) is 7.31. The molecule has 0 spiro atoms. The summed E-state index contributed by atoms with van der Waals surface area (Å²) in [6, 6.07) is 19.9. The highest BCUT2D eigenvalue weighted by atomic mass is 16.5. The summed E-state index contributed by atoms with van der Waals surface area (Å²) >= 11 is 0. The fourth-order valence-corrected chi connectivity index (χ4v) is 2.14. The Morgan fingerprint density at radius 1 is 0.913 bits per heavy atom. The largest absolute Gasteiger partial charge is 0.463 e. The van der Waals surface area contributed by atoms with E-state index in [1.165, 1.54) is 13.2 Å². The number of methoxy groups -OCH3 is 1. The smallest absolute Gasteiger partial charge is 0.378 e. The van der Waals surface area contributed by atoms with Gasteiger partial charge in [-0.3, -0.25) is 4.79 Å². The van der Waals surface area contributed by atoms with Crippen LogP contribution in [0.15, 0.2) is 72.9 Å². The van der Waals surface area contributed by atoms with Gasteiger partial charge in [-0.15, -0.1) is 0 Å². The van der Waals surface area contributed by atoms with Crippen LogP contribution in [0.4, 0.5) is 0 Å². The van der Waals surface area contributed by atoms with Gasteiger partial charge in [-0.05, 0) is 11.1 Å². The van der Waals surface area contributed by atoms with Crippen LogP contribution in [0.1, 0.15) is 11.1 Å². The lowest BCUT2D eigenvalue weighted by molar-refractivity contribution is -0.149. The van der Waals surface area contributed by atoms with Crippen molar-refractivity contribution in [2.75, 3.05) is 7.11 Å². The summed E-state index contributed by atoms with van der Waals surface area (Å²) in [4.78, 5) is 24.8. The first-order chi connectivity index (χ1) is 11.2. The molecule has 23 heavy (non-hydrogen) atoms. The zero-order chi connectivity index (χ0) is 16.5. The van der Waals surface area contributed by atoms with Crippen molar-refractivity contribution in [1.82, 2.24) is 4.90 Å². The molecule has 0 aromatic heterocycles. The SMILES string of the molecule is COC(=O)C(=O)/C=C/N(Cc1ccccc1)Cc1ccccc1. The first-order valence-electron chi connectivity index (χ1n) is 7.31. The molecule has 2 rings (SSSR count). The van der Waals surface area contributed by atoms with Crippen LogP contribution in [0.25, 0.3) is 0 Å². The van der Waals surface area contributed by atoms with Gasteiger partial charge in [0.25, 0.3) is 5.78 Å². The average Bonchev–Trinajstić information content (AvgIpc) is 2.60. The second-order valence-electron chi connectivity index (χ2n) is 5.05. The van der Waals surface area contributed by atoms with E-state index in [0.717, 1.165) is 11.1 Å². The summed E-state index contributed by atoms with van der Waals surface area (Å²) in [6.45, 7) is 1.28. The maximum atomic E-state index is 11.6. The number of hydrogen-bond acceptors (Lipinski definition) is 4. The standard InChI is InChI=1S/C19H19NO3/c1-23-19(22)18(21)12-13-20(14-16-8-4-2-5-9-16)15-17-10-6-3-7-11-17/h2-13H,14-15H2,1H3/b13-12+. The zero-order valence-corrected chi connectivity index (χ0v) is 13.0. The Kier molecular flexibility index (Phi) is 6.12. The highest BCUT2D eigenvalue weighted by molar-refractivity contribution is 6.38. The molecule has 0 radical (unpaired) electrons. The van der Waals surface area contributed by atoms with Crippen LogP contribution in [-0.4, -0.2) is 23.8 Å². The van der Waals surface area contributed by atoms with Crippen molar-refractivity contribution < 1.29 is 14.3 Å². The van der Waals surface area contributed by atoms with Crippen molar-refractivity contribution in [3.8, 4) is 0 Å². The van der Waals surface area contributed by atoms with E-state index in [0.29, 0.717) is 13.1 Å². The van der Waals surface area contributed by atoms with E-state index in [-0.39, 0.29) is 0 Å². The second kappa shape index (κ2) is 8.54. The van der Waals surface area contributed by atoms with Gasteiger partial charge in [-0.2, -0.15) is 0 Å². The maximum absolute atomic E-state index is 11.6. The molecule has 118 valence electrons. The van der Waals surface area contributed by atoms with E-state index >= 15 is 0 Å². The number of rotatable bonds is 7. The van der Waals surface area contributed by atoms with Crippen molar-refractivity contribution in [1.29, 1.82) is 0 Å². The van der Waals surface area contributed by atoms with Gasteiger partial charge in [0.1, 0.15) is 0 Å². The fraction of sp³-hybridized carbons (Fsp3) is 0.158. The summed E-state index contributed by atoms with van der Waals surface area (Å²) in [7, 11) is 1.19. The third-order valence-corrected chi connectivity index (χ3v) is 3.28. The molecule has 4 heteroatoms. The van der Waals surface area contributed by atoms with Crippen LogP contribution < -0.4 is 0 Å². The number of hydrogen-bond donors (Lipinski definition) is 0. The highest BCUT2D eigenvalue weighted by Crippen LogP contribution is 2.10. The molecule has 0 amide bonds. The Morgan fingerprint density at radius 2 is 1.39 bits per heavy atom. The molecule has 2 aromatic rings. The number of carbonyl (C=O) groups is 2. The lowest BCUT2D eigenvalue weighted by Crippen LogP contribution is -2.18. The summed E-state index contributed by atoms with van der Waals surface area (Å²) in [5.74, 6) is -1.53. The Morgan fingerprint density at radius 3 is 1.83 bits per heavy atom. The minimum Gasteiger partial charge on any atom is -0.463 e. The van der Waals surface area contributed by atoms with Crippen LogP contribution >= 0.6 is 0 Å². The van der Waals surface area contributed by atoms with Crippen LogP contribution in [0.5, 0.6) is 0 Å². The molecule has 0 saturated carbocycles. The third-order valence-electron chi connectivity index (χ3n) is 3.28. The topological polar surface area (TPSA) is 46.6 Å². The molecule has 0 aliphatic rings. The highest BCUT2D eigenvalue weighted by Gasteiger charge is 2.10. The molecule has 0 bridgehead atoms. The van der Waals surface area contributed by atoms with Gasteiger partial charge in [0.2, 0.25) is 0 Å². The molecule has 0 N–H and O–H groups in total. The molecule has 0 atom stereocenters. The van der Waals surface area contributed by atoms with Crippen molar-refractivity contribution in [3.05, 3.63) is 84.1 Å².